The van der Waals surface area contributed by atoms with Crippen molar-refractivity contribution in [2.75, 3.05) is 0 Å². The van der Waals surface area contributed by atoms with Gasteiger partial charge in [0, 0.05) is 0 Å². The fraction of sp³-hybridized carbons (Fsp3) is 0.667. The van der Waals surface area contributed by atoms with Crippen LogP contribution >= 0.6 is 0 Å². The first-order chi connectivity index (χ1) is 10.1. The summed E-state index contributed by atoms with van der Waals surface area (Å²) in [5, 5.41) is 0. The SMILES string of the molecule is CCC(C)C(C)CCC(C)(CC)c1ccc(S(=O)(=O)[O-])cc1.[Na+]. The molecule has 0 fully saturated rings. The molecule has 1 aromatic rings. The summed E-state index contributed by atoms with van der Waals surface area (Å²) in [6.45, 7) is 11.2. The molecule has 126 valence electrons. The summed E-state index contributed by atoms with van der Waals surface area (Å²) in [7, 11) is -4.36. The van der Waals surface area contributed by atoms with Crippen LogP contribution in [-0.2, 0) is 15.5 Å². The summed E-state index contributed by atoms with van der Waals surface area (Å²) >= 11 is 0. The first-order valence-electron chi connectivity index (χ1n) is 8.20. The van der Waals surface area contributed by atoms with Crippen molar-refractivity contribution in [3.8, 4) is 0 Å². The van der Waals surface area contributed by atoms with E-state index in [1.165, 1.54) is 18.6 Å². The molecule has 0 amide bonds. The van der Waals surface area contributed by atoms with E-state index in [0.717, 1.165) is 24.8 Å². The van der Waals surface area contributed by atoms with Crippen LogP contribution in [0.25, 0.3) is 0 Å². The van der Waals surface area contributed by atoms with Crippen LogP contribution in [0.3, 0.4) is 0 Å². The zero-order valence-corrected chi connectivity index (χ0v) is 18.2. The minimum atomic E-state index is -4.36. The van der Waals surface area contributed by atoms with E-state index < -0.39 is 10.1 Å². The summed E-state index contributed by atoms with van der Waals surface area (Å²) in [6, 6.07) is 6.46. The van der Waals surface area contributed by atoms with Crippen LogP contribution < -0.4 is 29.6 Å². The molecule has 0 spiro atoms. The number of rotatable bonds is 8. The Hall–Kier alpha value is 0.130. The maximum absolute atomic E-state index is 11.0. The second kappa shape index (κ2) is 9.57. The smallest absolute Gasteiger partial charge is 0.744 e. The standard InChI is InChI=1S/C18H30O3S.Na/c1-6-14(3)15(4)12-13-18(5,7-2)16-8-10-17(11-9-16)22(19,20)21;/h8-11,14-15H,6-7,12-13H2,1-5H3,(H,19,20,21);/q;+1/p-1. The van der Waals surface area contributed by atoms with Gasteiger partial charge in [0.2, 0.25) is 0 Å². The molecule has 0 radical (unpaired) electrons. The summed E-state index contributed by atoms with van der Waals surface area (Å²) in [5.74, 6) is 1.39. The molecule has 0 heterocycles. The molecule has 0 saturated heterocycles. The summed E-state index contributed by atoms with van der Waals surface area (Å²) in [4.78, 5) is -0.150. The molecule has 3 atom stereocenters. The molecule has 0 aromatic heterocycles. The van der Waals surface area contributed by atoms with E-state index >= 15 is 0 Å². The molecule has 0 bridgehead atoms. The summed E-state index contributed by atoms with van der Waals surface area (Å²) in [6.07, 6.45) is 4.41. The van der Waals surface area contributed by atoms with Crippen molar-refractivity contribution in [2.45, 2.75) is 70.6 Å². The zero-order valence-electron chi connectivity index (χ0n) is 15.4. The van der Waals surface area contributed by atoms with Gasteiger partial charge in [0.05, 0.1) is 4.90 Å². The van der Waals surface area contributed by atoms with Gasteiger partial charge in [-0.1, -0.05) is 53.2 Å². The quantitative estimate of drug-likeness (QED) is 0.531. The van der Waals surface area contributed by atoms with Crippen LogP contribution in [0.1, 0.15) is 65.9 Å². The van der Waals surface area contributed by atoms with E-state index in [4.69, 9.17) is 0 Å². The van der Waals surface area contributed by atoms with Gasteiger partial charge in [0.1, 0.15) is 10.1 Å². The van der Waals surface area contributed by atoms with E-state index in [9.17, 15) is 13.0 Å². The molecular formula is C18H29NaO3S. The van der Waals surface area contributed by atoms with Gasteiger partial charge in [-0.2, -0.15) is 0 Å². The Morgan fingerprint density at radius 1 is 1.09 bits per heavy atom. The van der Waals surface area contributed by atoms with E-state index in [2.05, 4.69) is 34.6 Å². The van der Waals surface area contributed by atoms with Crippen molar-refractivity contribution in [1.82, 2.24) is 0 Å². The van der Waals surface area contributed by atoms with Gasteiger partial charge >= 0.3 is 29.6 Å². The maximum atomic E-state index is 11.0. The van der Waals surface area contributed by atoms with Gasteiger partial charge in [-0.15, -0.1) is 0 Å². The van der Waals surface area contributed by atoms with Crippen molar-refractivity contribution in [3.63, 3.8) is 0 Å². The van der Waals surface area contributed by atoms with E-state index in [0.29, 0.717) is 11.8 Å². The third-order valence-corrected chi connectivity index (χ3v) is 6.24. The monoisotopic (exact) mass is 348 g/mol. The van der Waals surface area contributed by atoms with Crippen LogP contribution in [0.15, 0.2) is 29.2 Å². The minimum absolute atomic E-state index is 0. The Morgan fingerprint density at radius 2 is 1.61 bits per heavy atom. The number of benzene rings is 1. The predicted molar refractivity (Wildman–Crippen MR) is 89.9 cm³/mol. The average Bonchev–Trinajstić information content (AvgIpc) is 2.50. The van der Waals surface area contributed by atoms with Crippen molar-refractivity contribution in [3.05, 3.63) is 29.8 Å². The second-order valence-electron chi connectivity index (χ2n) is 6.79. The van der Waals surface area contributed by atoms with Crippen molar-refractivity contribution in [2.24, 2.45) is 11.8 Å². The van der Waals surface area contributed by atoms with Gasteiger partial charge in [-0.3, -0.25) is 0 Å². The molecular weight excluding hydrogens is 319 g/mol. The molecule has 0 saturated carbocycles. The molecule has 1 aromatic carbocycles. The van der Waals surface area contributed by atoms with Gasteiger partial charge in [-0.25, -0.2) is 8.42 Å². The van der Waals surface area contributed by atoms with Gasteiger partial charge in [0.25, 0.3) is 0 Å². The van der Waals surface area contributed by atoms with Crippen molar-refractivity contribution in [1.29, 1.82) is 0 Å². The van der Waals surface area contributed by atoms with Gasteiger partial charge < -0.3 is 4.55 Å². The Balaban J connectivity index is 0.00000484. The fourth-order valence-corrected chi connectivity index (χ4v) is 3.25. The van der Waals surface area contributed by atoms with E-state index in [-0.39, 0.29) is 39.9 Å². The largest absolute Gasteiger partial charge is 1.00 e. The molecule has 0 aliphatic rings. The van der Waals surface area contributed by atoms with Gasteiger partial charge in [0.15, 0.2) is 0 Å². The number of hydrogen-bond acceptors (Lipinski definition) is 3. The molecule has 0 aliphatic carbocycles. The molecule has 0 N–H and O–H groups in total. The third kappa shape index (κ3) is 6.50. The number of hydrogen-bond donors (Lipinski definition) is 0. The molecule has 3 unspecified atom stereocenters. The Labute approximate surface area is 164 Å². The molecule has 0 aliphatic heterocycles. The Kier molecular flexibility index (Phi) is 9.63. The van der Waals surface area contributed by atoms with Crippen LogP contribution in [0.5, 0.6) is 0 Å². The fourth-order valence-electron chi connectivity index (χ4n) is 2.78. The van der Waals surface area contributed by atoms with E-state index in [1.807, 2.05) is 0 Å². The maximum Gasteiger partial charge on any atom is 1.00 e. The molecule has 3 nitrogen and oxygen atoms in total. The molecule has 1 rings (SSSR count). The van der Waals surface area contributed by atoms with Crippen LogP contribution in [0, 0.1) is 11.8 Å². The average molecular weight is 348 g/mol. The minimum Gasteiger partial charge on any atom is -0.744 e. The second-order valence-corrected chi connectivity index (χ2v) is 8.17. The van der Waals surface area contributed by atoms with Gasteiger partial charge in [-0.05, 0) is 54.2 Å². The summed E-state index contributed by atoms with van der Waals surface area (Å²) < 4.78 is 33.1. The zero-order chi connectivity index (χ0) is 17.0. The third-order valence-electron chi connectivity index (χ3n) is 5.39. The van der Waals surface area contributed by atoms with Crippen LogP contribution in [0.4, 0.5) is 0 Å². The normalized spacial score (nSPS) is 17.0. The Bertz CT molecular complexity index is 568. The van der Waals surface area contributed by atoms with E-state index in [1.54, 1.807) is 12.1 Å². The molecule has 23 heavy (non-hydrogen) atoms. The van der Waals surface area contributed by atoms with Crippen molar-refractivity contribution < 1.29 is 42.5 Å². The van der Waals surface area contributed by atoms with Crippen LogP contribution in [0.2, 0.25) is 0 Å². The Morgan fingerprint density at radius 3 is 2.00 bits per heavy atom. The van der Waals surface area contributed by atoms with Crippen molar-refractivity contribution >= 4 is 10.1 Å². The molecule has 5 heteroatoms. The topological polar surface area (TPSA) is 57.2 Å². The first kappa shape index (κ1) is 23.1. The predicted octanol–water partition coefficient (Wildman–Crippen LogP) is 1.72. The van der Waals surface area contributed by atoms with Crippen LogP contribution in [-0.4, -0.2) is 13.0 Å². The first-order valence-corrected chi connectivity index (χ1v) is 9.61. The summed E-state index contributed by atoms with van der Waals surface area (Å²) in [5.41, 5.74) is 1.13.